The minimum absolute atomic E-state index is 0.159. The van der Waals surface area contributed by atoms with Crippen molar-refractivity contribution in [3.63, 3.8) is 0 Å². The lowest BCUT2D eigenvalue weighted by molar-refractivity contribution is -0.137. The Morgan fingerprint density at radius 1 is 1.10 bits per heavy atom. The third-order valence-electron chi connectivity index (χ3n) is 2.62. The third-order valence-corrected chi connectivity index (χ3v) is 4.63. The lowest BCUT2D eigenvalue weighted by Gasteiger charge is -2.08. The summed E-state index contributed by atoms with van der Waals surface area (Å²) in [6.45, 7) is 0. The molecule has 3 aromatic rings. The highest BCUT2D eigenvalue weighted by Crippen LogP contribution is 2.37. The van der Waals surface area contributed by atoms with Crippen molar-refractivity contribution in [3.8, 4) is 0 Å². The Kier molecular flexibility index (Phi) is 3.50. The molecule has 2 aromatic heterocycles. The SMILES string of the molecule is Nc1cc(C(F)(F)F)cc(Sc2nc3ccccc3s2)n1. The van der Waals surface area contributed by atoms with Gasteiger partial charge in [-0.25, -0.2) is 9.97 Å². The Balaban J connectivity index is 1.95. The van der Waals surface area contributed by atoms with Crippen LogP contribution in [0.3, 0.4) is 0 Å². The summed E-state index contributed by atoms with van der Waals surface area (Å²) >= 11 is 2.48. The molecule has 0 aliphatic heterocycles. The Morgan fingerprint density at radius 3 is 2.57 bits per heavy atom. The van der Waals surface area contributed by atoms with Crippen molar-refractivity contribution in [3.05, 3.63) is 42.0 Å². The molecule has 0 aliphatic rings. The molecule has 2 heterocycles. The van der Waals surface area contributed by atoms with Crippen LogP contribution in [-0.2, 0) is 6.18 Å². The van der Waals surface area contributed by atoms with Gasteiger partial charge in [-0.1, -0.05) is 12.1 Å². The van der Waals surface area contributed by atoms with E-state index in [0.29, 0.717) is 4.34 Å². The zero-order valence-corrected chi connectivity index (χ0v) is 12.0. The first kappa shape index (κ1) is 14.2. The first-order chi connectivity index (χ1) is 9.91. The van der Waals surface area contributed by atoms with Crippen molar-refractivity contribution in [2.45, 2.75) is 15.5 Å². The van der Waals surface area contributed by atoms with E-state index in [4.69, 9.17) is 5.73 Å². The summed E-state index contributed by atoms with van der Waals surface area (Å²) in [7, 11) is 0. The van der Waals surface area contributed by atoms with Gasteiger partial charge in [0.05, 0.1) is 15.8 Å². The minimum atomic E-state index is -4.44. The Labute approximate surface area is 126 Å². The van der Waals surface area contributed by atoms with Crippen LogP contribution in [-0.4, -0.2) is 9.97 Å². The van der Waals surface area contributed by atoms with Gasteiger partial charge in [0.1, 0.15) is 10.8 Å². The monoisotopic (exact) mass is 327 g/mol. The van der Waals surface area contributed by atoms with Gasteiger partial charge in [-0.2, -0.15) is 13.2 Å². The molecule has 0 aliphatic carbocycles. The van der Waals surface area contributed by atoms with Crippen molar-refractivity contribution in [2.75, 3.05) is 5.73 Å². The fourth-order valence-corrected chi connectivity index (χ4v) is 3.77. The average Bonchev–Trinajstić information content (AvgIpc) is 2.79. The zero-order valence-electron chi connectivity index (χ0n) is 10.4. The van der Waals surface area contributed by atoms with Gasteiger partial charge >= 0.3 is 6.18 Å². The number of thiazole rings is 1. The van der Waals surface area contributed by atoms with Crippen LogP contribution in [0.15, 0.2) is 45.8 Å². The van der Waals surface area contributed by atoms with Gasteiger partial charge in [-0.15, -0.1) is 11.3 Å². The van der Waals surface area contributed by atoms with E-state index in [1.807, 2.05) is 24.3 Å². The summed E-state index contributed by atoms with van der Waals surface area (Å²) < 4.78 is 39.8. The van der Waals surface area contributed by atoms with Gasteiger partial charge in [0.25, 0.3) is 0 Å². The molecule has 0 saturated heterocycles. The summed E-state index contributed by atoms with van der Waals surface area (Å²) in [6, 6.07) is 9.30. The first-order valence-electron chi connectivity index (χ1n) is 5.80. The second-order valence-electron chi connectivity index (χ2n) is 4.17. The van der Waals surface area contributed by atoms with Crippen molar-refractivity contribution in [1.82, 2.24) is 9.97 Å². The number of nitrogens with two attached hydrogens (primary N) is 1. The van der Waals surface area contributed by atoms with Crippen LogP contribution in [0.4, 0.5) is 19.0 Å². The number of benzene rings is 1. The molecule has 2 N–H and O–H groups in total. The maximum Gasteiger partial charge on any atom is 0.416 e. The van der Waals surface area contributed by atoms with E-state index in [-0.39, 0.29) is 10.8 Å². The van der Waals surface area contributed by atoms with Crippen molar-refractivity contribution in [2.24, 2.45) is 0 Å². The molecule has 21 heavy (non-hydrogen) atoms. The maximum atomic E-state index is 12.7. The fraction of sp³-hybridized carbons (Fsp3) is 0.0769. The molecular weight excluding hydrogens is 319 g/mol. The number of halogens is 3. The number of pyridine rings is 1. The van der Waals surface area contributed by atoms with Gasteiger partial charge in [0.15, 0.2) is 4.34 Å². The number of nitrogen functional groups attached to an aromatic ring is 1. The van der Waals surface area contributed by atoms with Crippen molar-refractivity contribution in [1.29, 1.82) is 0 Å². The number of rotatable bonds is 2. The molecule has 0 saturated carbocycles. The van der Waals surface area contributed by atoms with E-state index in [0.717, 1.165) is 34.1 Å². The molecule has 0 amide bonds. The van der Waals surface area contributed by atoms with Gasteiger partial charge in [-0.3, -0.25) is 0 Å². The van der Waals surface area contributed by atoms with E-state index in [1.165, 1.54) is 11.3 Å². The number of hydrogen-bond acceptors (Lipinski definition) is 5. The van der Waals surface area contributed by atoms with Crippen LogP contribution >= 0.6 is 23.1 Å². The smallest absolute Gasteiger partial charge is 0.384 e. The number of hydrogen-bond donors (Lipinski definition) is 1. The molecule has 1 aromatic carbocycles. The number of fused-ring (bicyclic) bond motifs is 1. The first-order valence-corrected chi connectivity index (χ1v) is 7.43. The molecule has 0 radical (unpaired) electrons. The predicted molar refractivity (Wildman–Crippen MR) is 77.4 cm³/mol. The number of anilines is 1. The molecule has 0 bridgehead atoms. The molecule has 3 rings (SSSR count). The highest BCUT2D eigenvalue weighted by Gasteiger charge is 2.31. The summed E-state index contributed by atoms with van der Waals surface area (Å²) in [5.41, 5.74) is 5.45. The van der Waals surface area contributed by atoms with Crippen LogP contribution in [0.25, 0.3) is 10.2 Å². The van der Waals surface area contributed by atoms with E-state index in [2.05, 4.69) is 9.97 Å². The number of nitrogens with zero attached hydrogens (tertiary/aromatic N) is 2. The molecule has 108 valence electrons. The van der Waals surface area contributed by atoms with Crippen LogP contribution in [0.5, 0.6) is 0 Å². The van der Waals surface area contributed by atoms with Crippen LogP contribution in [0, 0.1) is 0 Å². The Hall–Kier alpha value is -1.80. The molecule has 0 fully saturated rings. The van der Waals surface area contributed by atoms with Gasteiger partial charge in [0.2, 0.25) is 0 Å². The summed E-state index contributed by atoms with van der Waals surface area (Å²) in [4.78, 5) is 8.27. The normalized spacial score (nSPS) is 12.0. The molecule has 8 heteroatoms. The maximum absolute atomic E-state index is 12.7. The van der Waals surface area contributed by atoms with Gasteiger partial charge in [0, 0.05) is 0 Å². The van der Waals surface area contributed by atoms with Crippen LogP contribution in [0.2, 0.25) is 0 Å². The van der Waals surface area contributed by atoms with E-state index in [1.54, 1.807) is 0 Å². The highest BCUT2D eigenvalue weighted by molar-refractivity contribution is 8.01. The van der Waals surface area contributed by atoms with Crippen LogP contribution in [0.1, 0.15) is 5.56 Å². The lowest BCUT2D eigenvalue weighted by Crippen LogP contribution is -2.07. The Bertz CT molecular complexity index is 766. The number of aromatic nitrogens is 2. The van der Waals surface area contributed by atoms with E-state index < -0.39 is 11.7 Å². The van der Waals surface area contributed by atoms with E-state index in [9.17, 15) is 13.2 Å². The highest BCUT2D eigenvalue weighted by atomic mass is 32.2. The molecular formula is C13H8F3N3S2. The summed E-state index contributed by atoms with van der Waals surface area (Å²) in [5, 5.41) is 0.182. The zero-order chi connectivity index (χ0) is 15.0. The fourth-order valence-electron chi connectivity index (χ4n) is 1.73. The summed E-state index contributed by atoms with van der Waals surface area (Å²) in [6.07, 6.45) is -4.44. The average molecular weight is 327 g/mol. The molecule has 0 unspecified atom stereocenters. The molecule has 0 atom stereocenters. The summed E-state index contributed by atoms with van der Waals surface area (Å²) in [5.74, 6) is -0.159. The standard InChI is InChI=1S/C13H8F3N3S2/c14-13(15,16)7-5-10(17)19-11(6-7)21-12-18-8-3-1-2-4-9(8)20-12/h1-6H,(H2,17,19). The topological polar surface area (TPSA) is 51.8 Å². The predicted octanol–water partition coefficient (Wildman–Crippen LogP) is 4.44. The second kappa shape index (κ2) is 5.19. The van der Waals surface area contributed by atoms with Gasteiger partial charge in [-0.05, 0) is 36.0 Å². The second-order valence-corrected chi connectivity index (χ2v) is 6.46. The molecule has 0 spiro atoms. The lowest BCUT2D eigenvalue weighted by atomic mass is 10.2. The number of para-hydroxylation sites is 1. The van der Waals surface area contributed by atoms with Gasteiger partial charge < -0.3 is 5.73 Å². The largest absolute Gasteiger partial charge is 0.416 e. The third kappa shape index (κ3) is 3.11. The van der Waals surface area contributed by atoms with Crippen molar-refractivity contribution < 1.29 is 13.2 Å². The van der Waals surface area contributed by atoms with Crippen molar-refractivity contribution >= 4 is 39.1 Å². The minimum Gasteiger partial charge on any atom is -0.384 e. The quantitative estimate of drug-likeness (QED) is 0.756. The molecule has 3 nitrogen and oxygen atoms in total. The number of alkyl halides is 3. The van der Waals surface area contributed by atoms with E-state index >= 15 is 0 Å². The Morgan fingerprint density at radius 2 is 1.86 bits per heavy atom. The van der Waals surface area contributed by atoms with Crippen LogP contribution < -0.4 is 5.73 Å².